The first-order valence-corrected chi connectivity index (χ1v) is 7.48. The fourth-order valence-electron chi connectivity index (χ4n) is 2.38. The van der Waals surface area contributed by atoms with Gasteiger partial charge in [0.15, 0.2) is 0 Å². The average molecular weight is 299 g/mol. The van der Waals surface area contributed by atoms with Crippen molar-refractivity contribution in [3.05, 3.63) is 28.8 Å². The van der Waals surface area contributed by atoms with Gasteiger partial charge in [-0.15, -0.1) is 12.6 Å². The molecule has 1 aliphatic heterocycles. The van der Waals surface area contributed by atoms with Crippen LogP contribution in [-0.2, 0) is 0 Å². The van der Waals surface area contributed by atoms with Crippen LogP contribution >= 0.6 is 24.2 Å². The second-order valence-electron chi connectivity index (χ2n) is 4.82. The van der Waals surface area contributed by atoms with Crippen LogP contribution in [0.3, 0.4) is 0 Å². The van der Waals surface area contributed by atoms with Crippen molar-refractivity contribution in [3.63, 3.8) is 0 Å². The van der Waals surface area contributed by atoms with Crippen LogP contribution in [0.2, 0.25) is 5.02 Å². The molecule has 1 N–H and O–H groups in total. The highest BCUT2D eigenvalue weighted by Gasteiger charge is 2.11. The second-order valence-corrected chi connectivity index (χ2v) is 5.67. The van der Waals surface area contributed by atoms with E-state index >= 15 is 0 Å². The van der Waals surface area contributed by atoms with Gasteiger partial charge >= 0.3 is 0 Å². The molecule has 0 spiro atoms. The quantitative estimate of drug-likeness (QED) is 0.624. The summed E-state index contributed by atoms with van der Waals surface area (Å²) in [6, 6.07) is 5.20. The zero-order valence-corrected chi connectivity index (χ0v) is 12.5. The van der Waals surface area contributed by atoms with E-state index in [1.165, 1.54) is 25.9 Å². The van der Waals surface area contributed by atoms with Crippen molar-refractivity contribution in [1.82, 2.24) is 4.90 Å². The van der Waals surface area contributed by atoms with E-state index in [1.54, 1.807) is 18.2 Å². The number of benzene rings is 1. The number of carbonyl (C=O) groups excluding carboxylic acids is 1. The number of rotatable bonds is 6. The Labute approximate surface area is 124 Å². The zero-order valence-electron chi connectivity index (χ0n) is 10.9. The number of nitrogens with zero attached hydrogens (tertiary/aromatic N) is 1. The summed E-state index contributed by atoms with van der Waals surface area (Å²) in [5.74, 6) is 0. The molecule has 104 valence electrons. The monoisotopic (exact) mass is 298 g/mol. The van der Waals surface area contributed by atoms with E-state index in [0.29, 0.717) is 10.6 Å². The van der Waals surface area contributed by atoms with Gasteiger partial charge in [0.2, 0.25) is 5.12 Å². The smallest absolute Gasteiger partial charge is 0.218 e. The minimum absolute atomic E-state index is 0.237. The molecule has 1 fully saturated rings. The minimum Gasteiger partial charge on any atom is -0.384 e. The molecule has 3 nitrogen and oxygen atoms in total. The van der Waals surface area contributed by atoms with Crippen LogP contribution in [-0.4, -0.2) is 36.2 Å². The highest BCUT2D eigenvalue weighted by Crippen LogP contribution is 2.22. The van der Waals surface area contributed by atoms with E-state index in [1.807, 2.05) is 0 Å². The van der Waals surface area contributed by atoms with E-state index in [0.717, 1.165) is 25.2 Å². The molecule has 1 saturated heterocycles. The third-order valence-corrected chi connectivity index (χ3v) is 3.85. The van der Waals surface area contributed by atoms with Crippen LogP contribution in [0, 0.1) is 0 Å². The second kappa shape index (κ2) is 7.17. The van der Waals surface area contributed by atoms with Gasteiger partial charge in [-0.2, -0.15) is 0 Å². The minimum atomic E-state index is -0.237. The molecule has 0 aliphatic carbocycles. The van der Waals surface area contributed by atoms with E-state index < -0.39 is 0 Å². The lowest BCUT2D eigenvalue weighted by Gasteiger charge is -2.15. The van der Waals surface area contributed by atoms with Crippen molar-refractivity contribution >= 4 is 35.0 Å². The standard InChI is InChI=1S/C14H19ClN2OS/c15-11-4-5-12(14(18)19)13(10-11)16-6-3-9-17-7-1-2-8-17/h4-5,10,16H,1-3,6-9H2,(H,18,19). The first-order chi connectivity index (χ1) is 9.16. The van der Waals surface area contributed by atoms with Crippen molar-refractivity contribution in [2.75, 3.05) is 31.5 Å². The molecular weight excluding hydrogens is 280 g/mol. The Bertz CT molecular complexity index is 447. The van der Waals surface area contributed by atoms with E-state index in [4.69, 9.17) is 11.6 Å². The van der Waals surface area contributed by atoms with Crippen LogP contribution < -0.4 is 5.32 Å². The molecule has 0 aromatic heterocycles. The Hall–Kier alpha value is -0.710. The predicted molar refractivity (Wildman–Crippen MR) is 83.5 cm³/mol. The molecule has 1 heterocycles. The van der Waals surface area contributed by atoms with Crippen molar-refractivity contribution in [2.45, 2.75) is 19.3 Å². The summed E-state index contributed by atoms with van der Waals surface area (Å²) in [5.41, 5.74) is 1.35. The van der Waals surface area contributed by atoms with Crippen LogP contribution in [0.25, 0.3) is 0 Å². The fraction of sp³-hybridized carbons (Fsp3) is 0.500. The summed E-state index contributed by atoms with van der Waals surface area (Å²) in [5, 5.41) is 3.67. The molecule has 2 rings (SSSR count). The lowest BCUT2D eigenvalue weighted by atomic mass is 10.2. The van der Waals surface area contributed by atoms with Gasteiger partial charge in [0.05, 0.1) is 5.56 Å². The number of likely N-dealkylation sites (tertiary alicyclic amines) is 1. The molecule has 0 bridgehead atoms. The number of thiol groups is 1. The summed E-state index contributed by atoms with van der Waals surface area (Å²) in [6.45, 7) is 4.39. The van der Waals surface area contributed by atoms with Gasteiger partial charge in [-0.1, -0.05) is 11.6 Å². The van der Waals surface area contributed by atoms with Crippen LogP contribution in [0.1, 0.15) is 29.6 Å². The van der Waals surface area contributed by atoms with Crippen LogP contribution in [0.4, 0.5) is 5.69 Å². The number of anilines is 1. The van der Waals surface area contributed by atoms with Crippen molar-refractivity contribution in [3.8, 4) is 0 Å². The van der Waals surface area contributed by atoms with E-state index in [9.17, 15) is 4.79 Å². The zero-order chi connectivity index (χ0) is 13.7. The molecule has 0 radical (unpaired) electrons. The van der Waals surface area contributed by atoms with Crippen LogP contribution in [0.5, 0.6) is 0 Å². The largest absolute Gasteiger partial charge is 0.384 e. The molecule has 5 heteroatoms. The summed E-state index contributed by atoms with van der Waals surface area (Å²) in [6.07, 6.45) is 3.70. The summed E-state index contributed by atoms with van der Waals surface area (Å²) < 4.78 is 0. The molecule has 1 aromatic rings. The van der Waals surface area contributed by atoms with E-state index in [2.05, 4.69) is 22.8 Å². The molecule has 0 atom stereocenters. The maximum atomic E-state index is 11.4. The lowest BCUT2D eigenvalue weighted by molar-refractivity contribution is 0.109. The van der Waals surface area contributed by atoms with Gasteiger partial charge in [-0.25, -0.2) is 0 Å². The molecule has 1 aliphatic rings. The first-order valence-electron chi connectivity index (χ1n) is 6.66. The lowest BCUT2D eigenvalue weighted by Crippen LogP contribution is -2.22. The Morgan fingerprint density at radius 3 is 2.79 bits per heavy atom. The number of carbonyl (C=O) groups is 1. The highest BCUT2D eigenvalue weighted by atomic mass is 35.5. The molecule has 19 heavy (non-hydrogen) atoms. The summed E-state index contributed by atoms with van der Waals surface area (Å²) >= 11 is 9.83. The third kappa shape index (κ3) is 4.41. The number of hydrogen-bond acceptors (Lipinski definition) is 3. The van der Waals surface area contributed by atoms with Gasteiger partial charge in [0.1, 0.15) is 0 Å². The molecule has 0 amide bonds. The Morgan fingerprint density at radius 1 is 1.37 bits per heavy atom. The topological polar surface area (TPSA) is 32.3 Å². The highest BCUT2D eigenvalue weighted by molar-refractivity contribution is 7.97. The SMILES string of the molecule is O=C(S)c1ccc(Cl)cc1NCCCN1CCCC1. The molecule has 0 saturated carbocycles. The maximum absolute atomic E-state index is 11.4. The number of nitrogens with one attached hydrogen (secondary N) is 1. The van der Waals surface area contributed by atoms with E-state index in [-0.39, 0.29) is 5.12 Å². The van der Waals surface area contributed by atoms with Crippen LogP contribution in [0.15, 0.2) is 18.2 Å². The van der Waals surface area contributed by atoms with Crippen molar-refractivity contribution in [2.24, 2.45) is 0 Å². The van der Waals surface area contributed by atoms with Gasteiger partial charge < -0.3 is 10.2 Å². The van der Waals surface area contributed by atoms with Gasteiger partial charge in [-0.3, -0.25) is 4.79 Å². The van der Waals surface area contributed by atoms with Crippen molar-refractivity contribution < 1.29 is 4.79 Å². The molecule has 1 aromatic carbocycles. The van der Waals surface area contributed by atoms with Gasteiger partial charge in [-0.05, 0) is 57.1 Å². The average Bonchev–Trinajstić information content (AvgIpc) is 2.87. The first kappa shape index (κ1) is 14.7. The Balaban J connectivity index is 1.84. The molecular formula is C14H19ClN2OS. The summed E-state index contributed by atoms with van der Waals surface area (Å²) in [7, 11) is 0. The number of halogens is 1. The molecule has 0 unspecified atom stereocenters. The number of hydrogen-bond donors (Lipinski definition) is 2. The Morgan fingerprint density at radius 2 is 2.11 bits per heavy atom. The van der Waals surface area contributed by atoms with Crippen molar-refractivity contribution in [1.29, 1.82) is 0 Å². The van der Waals surface area contributed by atoms with Gasteiger partial charge in [0.25, 0.3) is 0 Å². The summed E-state index contributed by atoms with van der Waals surface area (Å²) in [4.78, 5) is 13.9. The normalized spacial score (nSPS) is 15.7. The van der Waals surface area contributed by atoms with Gasteiger partial charge in [0, 0.05) is 17.3 Å². The predicted octanol–water partition coefficient (Wildman–Crippen LogP) is 3.31. The Kier molecular flexibility index (Phi) is 5.55. The fourth-order valence-corrected chi connectivity index (χ4v) is 2.75. The maximum Gasteiger partial charge on any atom is 0.218 e. The third-order valence-electron chi connectivity index (χ3n) is 3.38.